The third-order valence-corrected chi connectivity index (χ3v) is 2.98. The highest BCUT2D eigenvalue weighted by atomic mass is 32.2. The lowest BCUT2D eigenvalue weighted by Crippen LogP contribution is -2.04. The van der Waals surface area contributed by atoms with Crippen LogP contribution in [0.15, 0.2) is 24.3 Å². The number of aliphatic hydroxyl groups excluding tert-OH is 1. The van der Waals surface area contributed by atoms with Crippen LogP contribution >= 0.6 is 11.8 Å². The van der Waals surface area contributed by atoms with Crippen molar-refractivity contribution in [2.45, 2.75) is 25.9 Å². The first kappa shape index (κ1) is 13.4. The lowest BCUT2D eigenvalue weighted by Gasteiger charge is -2.15. The normalized spacial score (nSPS) is 12.4. The van der Waals surface area contributed by atoms with Gasteiger partial charge in [0.2, 0.25) is 0 Å². The number of hydrogen-bond acceptors (Lipinski definition) is 3. The van der Waals surface area contributed by atoms with Gasteiger partial charge in [0, 0.05) is 5.56 Å². The van der Waals surface area contributed by atoms with Crippen molar-refractivity contribution in [2.75, 3.05) is 18.6 Å². The Morgan fingerprint density at radius 3 is 2.81 bits per heavy atom. The maximum Gasteiger partial charge on any atom is 0.125 e. The van der Waals surface area contributed by atoms with Gasteiger partial charge in [-0.15, -0.1) is 0 Å². The van der Waals surface area contributed by atoms with Gasteiger partial charge in [0.25, 0.3) is 0 Å². The number of aliphatic hydroxyl groups is 1. The molecule has 90 valence electrons. The lowest BCUT2D eigenvalue weighted by atomic mass is 10.1. The molecule has 1 aromatic rings. The standard InChI is InChI=1S/C13H20O2S/c1-3-9-15-13-7-5-4-6-11(13)12(14)8-10-16-2/h4-7,12,14H,3,8-10H2,1-2H3. The predicted molar refractivity (Wildman–Crippen MR) is 70.2 cm³/mol. The highest BCUT2D eigenvalue weighted by Gasteiger charge is 2.12. The summed E-state index contributed by atoms with van der Waals surface area (Å²) in [6, 6.07) is 7.75. The molecule has 0 radical (unpaired) electrons. The Bertz CT molecular complexity index is 302. The number of ether oxygens (including phenoxy) is 1. The molecule has 1 N–H and O–H groups in total. The van der Waals surface area contributed by atoms with Crippen LogP contribution in [0.25, 0.3) is 0 Å². The Morgan fingerprint density at radius 2 is 2.12 bits per heavy atom. The van der Waals surface area contributed by atoms with Crippen LogP contribution < -0.4 is 4.74 Å². The van der Waals surface area contributed by atoms with Gasteiger partial charge in [-0.3, -0.25) is 0 Å². The maximum absolute atomic E-state index is 10.0. The van der Waals surface area contributed by atoms with Crippen LogP contribution in [0, 0.1) is 0 Å². The molecule has 2 nitrogen and oxygen atoms in total. The van der Waals surface area contributed by atoms with E-state index in [-0.39, 0.29) is 0 Å². The second-order valence-corrected chi connectivity index (χ2v) is 4.67. The smallest absolute Gasteiger partial charge is 0.125 e. The molecule has 1 unspecified atom stereocenters. The van der Waals surface area contributed by atoms with E-state index < -0.39 is 6.10 Å². The molecule has 1 rings (SSSR count). The second kappa shape index (κ2) is 7.58. The van der Waals surface area contributed by atoms with E-state index in [1.807, 2.05) is 30.5 Å². The van der Waals surface area contributed by atoms with Gasteiger partial charge >= 0.3 is 0 Å². The van der Waals surface area contributed by atoms with Crippen molar-refractivity contribution in [1.29, 1.82) is 0 Å². The van der Waals surface area contributed by atoms with Crippen LogP contribution in [-0.4, -0.2) is 23.7 Å². The third-order valence-electron chi connectivity index (χ3n) is 2.34. The first-order valence-electron chi connectivity index (χ1n) is 5.68. The molecule has 0 bridgehead atoms. The predicted octanol–water partition coefficient (Wildman–Crippen LogP) is 3.26. The van der Waals surface area contributed by atoms with Crippen molar-refractivity contribution in [2.24, 2.45) is 0 Å². The molecule has 0 aromatic heterocycles. The molecule has 0 spiro atoms. The zero-order chi connectivity index (χ0) is 11.8. The van der Waals surface area contributed by atoms with E-state index in [0.717, 1.165) is 29.9 Å². The number of para-hydroxylation sites is 1. The van der Waals surface area contributed by atoms with Crippen molar-refractivity contribution in [3.8, 4) is 5.75 Å². The minimum atomic E-state index is -0.416. The summed E-state index contributed by atoms with van der Waals surface area (Å²) in [5.41, 5.74) is 0.907. The molecule has 0 amide bonds. The van der Waals surface area contributed by atoms with Crippen LogP contribution in [0.4, 0.5) is 0 Å². The molecule has 0 saturated heterocycles. The zero-order valence-corrected chi connectivity index (χ0v) is 10.8. The Hall–Kier alpha value is -0.670. The van der Waals surface area contributed by atoms with E-state index in [1.165, 1.54) is 0 Å². The highest BCUT2D eigenvalue weighted by molar-refractivity contribution is 7.98. The molecule has 0 aliphatic rings. The van der Waals surface area contributed by atoms with Gasteiger partial charge in [0.05, 0.1) is 12.7 Å². The van der Waals surface area contributed by atoms with Crippen LogP contribution in [0.2, 0.25) is 0 Å². The van der Waals surface area contributed by atoms with Crippen LogP contribution in [0.5, 0.6) is 5.75 Å². The van der Waals surface area contributed by atoms with Gasteiger partial charge in [-0.25, -0.2) is 0 Å². The van der Waals surface area contributed by atoms with E-state index in [1.54, 1.807) is 11.8 Å². The number of benzene rings is 1. The van der Waals surface area contributed by atoms with Crippen LogP contribution in [-0.2, 0) is 0 Å². The summed E-state index contributed by atoms with van der Waals surface area (Å²) in [6.45, 7) is 2.78. The van der Waals surface area contributed by atoms with Gasteiger partial charge in [0.15, 0.2) is 0 Å². The van der Waals surface area contributed by atoms with Crippen LogP contribution in [0.1, 0.15) is 31.4 Å². The van der Waals surface area contributed by atoms with E-state index >= 15 is 0 Å². The monoisotopic (exact) mass is 240 g/mol. The van der Waals surface area contributed by atoms with Crippen LogP contribution in [0.3, 0.4) is 0 Å². The first-order chi connectivity index (χ1) is 7.79. The molecule has 1 atom stereocenters. The summed E-state index contributed by atoms with van der Waals surface area (Å²) < 4.78 is 5.62. The fourth-order valence-electron chi connectivity index (χ4n) is 1.48. The van der Waals surface area contributed by atoms with Crippen molar-refractivity contribution < 1.29 is 9.84 Å². The van der Waals surface area contributed by atoms with E-state index in [4.69, 9.17) is 4.74 Å². The second-order valence-electron chi connectivity index (χ2n) is 3.68. The quantitative estimate of drug-likeness (QED) is 0.793. The lowest BCUT2D eigenvalue weighted by molar-refractivity contribution is 0.168. The van der Waals surface area contributed by atoms with Gasteiger partial charge in [0.1, 0.15) is 5.75 Å². The SMILES string of the molecule is CCCOc1ccccc1C(O)CCSC. The zero-order valence-electron chi connectivity index (χ0n) is 9.98. The molecule has 0 heterocycles. The summed E-state index contributed by atoms with van der Waals surface area (Å²) >= 11 is 1.75. The minimum Gasteiger partial charge on any atom is -0.493 e. The van der Waals surface area contributed by atoms with E-state index in [0.29, 0.717) is 6.61 Å². The summed E-state index contributed by atoms with van der Waals surface area (Å²) in [5, 5.41) is 10.0. The van der Waals surface area contributed by atoms with E-state index in [9.17, 15) is 5.11 Å². The fourth-order valence-corrected chi connectivity index (χ4v) is 1.94. The molecule has 0 aliphatic carbocycles. The topological polar surface area (TPSA) is 29.5 Å². The number of thioether (sulfide) groups is 1. The van der Waals surface area contributed by atoms with Crippen molar-refractivity contribution in [3.63, 3.8) is 0 Å². The van der Waals surface area contributed by atoms with Gasteiger partial charge in [-0.2, -0.15) is 11.8 Å². The Balaban J connectivity index is 2.68. The van der Waals surface area contributed by atoms with Gasteiger partial charge in [-0.1, -0.05) is 25.1 Å². The molecule has 0 fully saturated rings. The molecule has 0 aliphatic heterocycles. The largest absolute Gasteiger partial charge is 0.493 e. The summed E-state index contributed by atoms with van der Waals surface area (Å²) in [7, 11) is 0. The van der Waals surface area contributed by atoms with Gasteiger partial charge < -0.3 is 9.84 Å². The summed E-state index contributed by atoms with van der Waals surface area (Å²) in [5.74, 6) is 1.78. The molecular weight excluding hydrogens is 220 g/mol. The average Bonchev–Trinajstić information content (AvgIpc) is 2.33. The number of rotatable bonds is 7. The molecule has 1 aromatic carbocycles. The third kappa shape index (κ3) is 4.06. The Kier molecular flexibility index (Phi) is 6.34. The highest BCUT2D eigenvalue weighted by Crippen LogP contribution is 2.27. The minimum absolute atomic E-state index is 0.416. The summed E-state index contributed by atoms with van der Waals surface area (Å²) in [4.78, 5) is 0. The molecule has 16 heavy (non-hydrogen) atoms. The number of hydrogen-bond donors (Lipinski definition) is 1. The van der Waals surface area contributed by atoms with Crippen molar-refractivity contribution >= 4 is 11.8 Å². The fraction of sp³-hybridized carbons (Fsp3) is 0.538. The molecular formula is C13H20O2S. The first-order valence-corrected chi connectivity index (χ1v) is 7.07. The van der Waals surface area contributed by atoms with Crippen molar-refractivity contribution in [1.82, 2.24) is 0 Å². The van der Waals surface area contributed by atoms with Gasteiger partial charge in [-0.05, 0) is 30.9 Å². The average molecular weight is 240 g/mol. The Labute approximate surface area is 102 Å². The molecule has 0 saturated carbocycles. The van der Waals surface area contributed by atoms with Crippen molar-refractivity contribution in [3.05, 3.63) is 29.8 Å². The van der Waals surface area contributed by atoms with E-state index in [2.05, 4.69) is 6.92 Å². The Morgan fingerprint density at radius 1 is 1.38 bits per heavy atom. The maximum atomic E-state index is 10.0. The molecule has 3 heteroatoms. The summed E-state index contributed by atoms with van der Waals surface area (Å²) in [6.07, 6.45) is 3.38.